The summed E-state index contributed by atoms with van der Waals surface area (Å²) in [6, 6.07) is 5.05. The molecule has 0 radical (unpaired) electrons. The van der Waals surface area contributed by atoms with E-state index in [1.54, 1.807) is 49.9 Å². The third-order valence-electron chi connectivity index (χ3n) is 3.80. The van der Waals surface area contributed by atoms with Crippen LogP contribution in [-0.2, 0) is 9.59 Å². The molecule has 4 nitrogen and oxygen atoms in total. The van der Waals surface area contributed by atoms with Gasteiger partial charge >= 0.3 is 0 Å². The molecule has 1 aromatic carbocycles. The summed E-state index contributed by atoms with van der Waals surface area (Å²) in [5.74, 6) is -0.531. The van der Waals surface area contributed by atoms with Crippen LogP contribution in [0.3, 0.4) is 0 Å². The normalized spacial score (nSPS) is 12.5. The molecule has 144 valence electrons. The fourth-order valence-corrected chi connectivity index (χ4v) is 2.96. The zero-order valence-electron chi connectivity index (χ0n) is 16.5. The Balaban J connectivity index is 3.46. The highest BCUT2D eigenvalue weighted by Gasteiger charge is 2.28. The number of benzene rings is 1. The maximum atomic E-state index is 13.2. The number of carbonyl (C=O) groups is 2. The summed E-state index contributed by atoms with van der Waals surface area (Å²) in [5.41, 5.74) is 0.00705. The first-order chi connectivity index (χ1) is 11.9. The molecular weight excluding hydrogens is 371 g/mol. The van der Waals surface area contributed by atoms with Crippen LogP contribution in [0.25, 0.3) is 6.08 Å². The summed E-state index contributed by atoms with van der Waals surface area (Å²) < 4.78 is 0. The van der Waals surface area contributed by atoms with Crippen molar-refractivity contribution >= 4 is 41.1 Å². The molecule has 0 unspecified atom stereocenters. The van der Waals surface area contributed by atoms with Gasteiger partial charge in [0.15, 0.2) is 0 Å². The van der Waals surface area contributed by atoms with Gasteiger partial charge in [0, 0.05) is 33.1 Å². The molecule has 2 amide bonds. The van der Waals surface area contributed by atoms with E-state index in [1.807, 2.05) is 27.7 Å². The molecule has 1 aromatic rings. The van der Waals surface area contributed by atoms with Crippen molar-refractivity contribution in [1.29, 1.82) is 0 Å². The highest BCUT2D eigenvalue weighted by molar-refractivity contribution is 6.37. The molecule has 0 saturated heterocycles. The Morgan fingerprint density at radius 2 is 1.50 bits per heavy atom. The maximum Gasteiger partial charge on any atom is 0.270 e. The molecule has 0 heterocycles. The summed E-state index contributed by atoms with van der Waals surface area (Å²) >= 11 is 12.5. The molecule has 0 fully saturated rings. The molecule has 1 rings (SSSR count). The van der Waals surface area contributed by atoms with E-state index in [4.69, 9.17) is 23.2 Å². The van der Waals surface area contributed by atoms with Crippen LogP contribution < -0.4 is 5.32 Å². The minimum Gasteiger partial charge on any atom is -0.333 e. The van der Waals surface area contributed by atoms with Gasteiger partial charge < -0.3 is 10.2 Å². The Labute approximate surface area is 166 Å². The number of halogens is 2. The van der Waals surface area contributed by atoms with E-state index in [9.17, 15) is 9.59 Å². The van der Waals surface area contributed by atoms with Crippen LogP contribution in [0.4, 0.5) is 0 Å². The summed E-state index contributed by atoms with van der Waals surface area (Å²) in [6.07, 6.45) is 1.55. The monoisotopic (exact) mass is 398 g/mol. The van der Waals surface area contributed by atoms with Gasteiger partial charge in [-0.1, -0.05) is 50.0 Å². The Morgan fingerprint density at radius 1 is 1.04 bits per heavy atom. The van der Waals surface area contributed by atoms with Crippen LogP contribution in [0, 0.1) is 5.41 Å². The molecule has 0 aliphatic rings. The van der Waals surface area contributed by atoms with Crippen LogP contribution in [0.1, 0.15) is 54.0 Å². The highest BCUT2D eigenvalue weighted by Crippen LogP contribution is 2.27. The van der Waals surface area contributed by atoms with Gasteiger partial charge in [-0.25, -0.2) is 0 Å². The topological polar surface area (TPSA) is 49.4 Å². The van der Waals surface area contributed by atoms with Gasteiger partial charge in [-0.3, -0.25) is 9.59 Å². The second kappa shape index (κ2) is 8.92. The molecule has 1 N–H and O–H groups in total. The molecule has 6 heteroatoms. The molecule has 0 spiro atoms. The lowest BCUT2D eigenvalue weighted by molar-refractivity contribution is -0.134. The van der Waals surface area contributed by atoms with Crippen LogP contribution in [0.2, 0.25) is 10.0 Å². The fraction of sp³-hybridized carbons (Fsp3) is 0.500. The van der Waals surface area contributed by atoms with Crippen molar-refractivity contribution in [2.45, 2.75) is 60.5 Å². The van der Waals surface area contributed by atoms with E-state index >= 15 is 0 Å². The lowest BCUT2D eigenvalue weighted by atomic mass is 9.95. The van der Waals surface area contributed by atoms with Gasteiger partial charge in [0.05, 0.1) is 0 Å². The average molecular weight is 399 g/mol. The summed E-state index contributed by atoms with van der Waals surface area (Å²) in [7, 11) is 0. The van der Waals surface area contributed by atoms with E-state index in [1.165, 1.54) is 0 Å². The lowest BCUT2D eigenvalue weighted by Gasteiger charge is -2.32. The number of hydrogen-bond donors (Lipinski definition) is 1. The van der Waals surface area contributed by atoms with Crippen molar-refractivity contribution in [3.8, 4) is 0 Å². The zero-order valence-corrected chi connectivity index (χ0v) is 18.0. The second-order valence-corrected chi connectivity index (χ2v) is 8.61. The number of nitrogens with one attached hydrogen (secondary N) is 1. The summed E-state index contributed by atoms with van der Waals surface area (Å²) in [6.45, 7) is 13.1. The lowest BCUT2D eigenvalue weighted by Crippen LogP contribution is -2.47. The van der Waals surface area contributed by atoms with Crippen LogP contribution in [0.5, 0.6) is 0 Å². The van der Waals surface area contributed by atoms with Crippen molar-refractivity contribution in [3.05, 3.63) is 39.5 Å². The molecular formula is C20H28Cl2N2O2. The summed E-state index contributed by atoms with van der Waals surface area (Å²) in [5, 5.41) is 3.58. The van der Waals surface area contributed by atoms with Crippen molar-refractivity contribution in [1.82, 2.24) is 10.2 Å². The minimum absolute atomic E-state index is 0.0286. The zero-order chi connectivity index (χ0) is 20.2. The number of amides is 2. The van der Waals surface area contributed by atoms with Gasteiger partial charge in [-0.2, -0.15) is 0 Å². The van der Waals surface area contributed by atoms with Gasteiger partial charge in [-0.05, 0) is 45.9 Å². The van der Waals surface area contributed by atoms with Crippen LogP contribution in [-0.4, -0.2) is 28.8 Å². The minimum atomic E-state index is -0.649. The Morgan fingerprint density at radius 3 is 1.88 bits per heavy atom. The third kappa shape index (κ3) is 5.75. The highest BCUT2D eigenvalue weighted by atomic mass is 35.5. The number of nitrogens with zero attached hydrogens (tertiary/aromatic N) is 1. The molecule has 0 aliphatic carbocycles. The van der Waals surface area contributed by atoms with Crippen LogP contribution in [0.15, 0.2) is 23.9 Å². The molecule has 0 atom stereocenters. The Kier molecular flexibility index (Phi) is 7.72. The van der Waals surface area contributed by atoms with E-state index in [0.29, 0.717) is 15.6 Å². The standard InChI is InChI=1S/C20H28Cl2N2O2/c1-12(2)24(13(3)4)18(25)17(23-19(26)20(5,6)7)11-14-15(21)9-8-10-16(14)22/h8-13H,1-7H3,(H,23,26)/b17-11+. The van der Waals surface area contributed by atoms with Gasteiger partial charge in [0.25, 0.3) is 5.91 Å². The molecule has 0 aromatic heterocycles. The number of rotatable bonds is 5. The first-order valence-electron chi connectivity index (χ1n) is 8.66. The fourth-order valence-electron chi connectivity index (χ4n) is 2.46. The molecule has 0 bridgehead atoms. The molecule has 0 aliphatic heterocycles. The summed E-state index contributed by atoms with van der Waals surface area (Å²) in [4.78, 5) is 27.4. The van der Waals surface area contributed by atoms with Crippen LogP contribution >= 0.6 is 23.2 Å². The second-order valence-electron chi connectivity index (χ2n) is 7.80. The predicted octanol–water partition coefficient (Wildman–Crippen LogP) is 5.14. The van der Waals surface area contributed by atoms with Crippen molar-refractivity contribution in [3.63, 3.8) is 0 Å². The van der Waals surface area contributed by atoms with Gasteiger partial charge in [-0.15, -0.1) is 0 Å². The molecule has 0 saturated carbocycles. The Bertz CT molecular complexity index is 676. The predicted molar refractivity (Wildman–Crippen MR) is 109 cm³/mol. The van der Waals surface area contributed by atoms with E-state index < -0.39 is 5.41 Å². The third-order valence-corrected chi connectivity index (χ3v) is 4.45. The maximum absolute atomic E-state index is 13.2. The first kappa shape index (κ1) is 22.5. The van der Waals surface area contributed by atoms with Crippen molar-refractivity contribution < 1.29 is 9.59 Å². The SMILES string of the molecule is CC(C)N(C(=O)/C(=C\c1c(Cl)cccc1Cl)NC(=O)C(C)(C)C)C(C)C. The van der Waals surface area contributed by atoms with Crippen molar-refractivity contribution in [2.75, 3.05) is 0 Å². The van der Waals surface area contributed by atoms with E-state index in [0.717, 1.165) is 0 Å². The van der Waals surface area contributed by atoms with Gasteiger partial charge in [0.1, 0.15) is 5.70 Å². The van der Waals surface area contributed by atoms with Gasteiger partial charge in [0.2, 0.25) is 5.91 Å². The average Bonchev–Trinajstić information content (AvgIpc) is 2.47. The first-order valence-corrected chi connectivity index (χ1v) is 9.41. The van der Waals surface area contributed by atoms with E-state index in [-0.39, 0.29) is 29.6 Å². The molecule has 26 heavy (non-hydrogen) atoms. The quantitative estimate of drug-likeness (QED) is 0.697. The van der Waals surface area contributed by atoms with E-state index in [2.05, 4.69) is 5.32 Å². The number of hydrogen-bond acceptors (Lipinski definition) is 2. The smallest absolute Gasteiger partial charge is 0.270 e. The number of carbonyl (C=O) groups excluding carboxylic acids is 2. The Hall–Kier alpha value is -1.52. The largest absolute Gasteiger partial charge is 0.333 e. The van der Waals surface area contributed by atoms with Crippen molar-refractivity contribution in [2.24, 2.45) is 5.41 Å².